The van der Waals surface area contributed by atoms with Crippen molar-refractivity contribution in [2.45, 2.75) is 70.8 Å². The second-order valence-corrected chi connectivity index (χ2v) is 7.75. The van der Waals surface area contributed by atoms with Gasteiger partial charge < -0.3 is 14.9 Å². The van der Waals surface area contributed by atoms with Crippen molar-refractivity contribution in [3.63, 3.8) is 0 Å². The van der Waals surface area contributed by atoms with Gasteiger partial charge in [-0.1, -0.05) is 43.9 Å². The fourth-order valence-corrected chi connectivity index (χ4v) is 3.68. The zero-order valence-electron chi connectivity index (χ0n) is 15.2. The van der Waals surface area contributed by atoms with Crippen LogP contribution in [0.15, 0.2) is 18.2 Å². The highest BCUT2D eigenvalue weighted by Crippen LogP contribution is 2.31. The molecule has 0 heterocycles. The molecule has 1 aliphatic rings. The summed E-state index contributed by atoms with van der Waals surface area (Å²) in [5.74, 6) is -0.802. The second kappa shape index (κ2) is 7.89. The number of aliphatic carboxylic acids is 1. The zero-order valence-corrected chi connectivity index (χ0v) is 15.2. The van der Waals surface area contributed by atoms with Crippen LogP contribution in [0, 0.1) is 5.92 Å². The van der Waals surface area contributed by atoms with Gasteiger partial charge in [-0.3, -0.25) is 4.79 Å². The first-order valence-electron chi connectivity index (χ1n) is 8.94. The Morgan fingerprint density at radius 1 is 1.20 bits per heavy atom. The third kappa shape index (κ3) is 5.48. The highest BCUT2D eigenvalue weighted by Gasteiger charge is 2.26. The van der Waals surface area contributed by atoms with E-state index in [1.807, 2.05) is 18.2 Å². The maximum atomic E-state index is 11.3. The standard InChI is InChI=1S/C20H28O5/c1-13(18(21)22)15-8-9-16(10-14-6-4-5-7-14)17(11-15)12-20(2,3)25-19(23)24/h8-9,11,13-14H,4-7,10,12H2,1-3H3,(H,21,22)(H,23,24)/t13-/m0/s1. The molecule has 1 saturated carbocycles. The molecular weight excluding hydrogens is 320 g/mol. The Morgan fingerprint density at radius 3 is 2.40 bits per heavy atom. The van der Waals surface area contributed by atoms with Crippen molar-refractivity contribution in [2.75, 3.05) is 0 Å². The van der Waals surface area contributed by atoms with E-state index in [0.717, 1.165) is 17.5 Å². The summed E-state index contributed by atoms with van der Waals surface area (Å²) in [4.78, 5) is 22.2. The average molecular weight is 348 g/mol. The quantitative estimate of drug-likeness (QED) is 0.702. The summed E-state index contributed by atoms with van der Waals surface area (Å²) in [6.45, 7) is 5.15. The lowest BCUT2D eigenvalue weighted by atomic mass is 9.86. The molecule has 5 heteroatoms. The molecule has 5 nitrogen and oxygen atoms in total. The largest absolute Gasteiger partial charge is 0.506 e. The first-order valence-corrected chi connectivity index (χ1v) is 8.94. The number of hydrogen-bond donors (Lipinski definition) is 2. The summed E-state index contributed by atoms with van der Waals surface area (Å²) in [6, 6.07) is 5.81. The van der Waals surface area contributed by atoms with Gasteiger partial charge in [-0.2, -0.15) is 0 Å². The van der Waals surface area contributed by atoms with Gasteiger partial charge in [0.15, 0.2) is 0 Å². The van der Waals surface area contributed by atoms with Gasteiger partial charge in [-0.15, -0.1) is 0 Å². The number of carboxylic acids is 1. The average Bonchev–Trinajstić information content (AvgIpc) is 2.99. The molecule has 138 valence electrons. The summed E-state index contributed by atoms with van der Waals surface area (Å²) in [6.07, 6.45) is 5.08. The van der Waals surface area contributed by atoms with Gasteiger partial charge in [0.25, 0.3) is 0 Å². The molecule has 1 aliphatic carbocycles. The van der Waals surface area contributed by atoms with E-state index < -0.39 is 23.6 Å². The monoisotopic (exact) mass is 348 g/mol. The van der Waals surface area contributed by atoms with E-state index in [2.05, 4.69) is 0 Å². The van der Waals surface area contributed by atoms with Crippen LogP contribution < -0.4 is 0 Å². The van der Waals surface area contributed by atoms with Crippen molar-refractivity contribution in [3.8, 4) is 0 Å². The molecule has 1 fully saturated rings. The fraction of sp³-hybridized carbons (Fsp3) is 0.600. The fourth-order valence-electron chi connectivity index (χ4n) is 3.68. The molecule has 1 aromatic rings. The smallest absolute Gasteiger partial charge is 0.481 e. The van der Waals surface area contributed by atoms with Crippen molar-refractivity contribution in [2.24, 2.45) is 5.92 Å². The van der Waals surface area contributed by atoms with Gasteiger partial charge in [0.1, 0.15) is 5.60 Å². The Labute approximate surface area is 149 Å². The van der Waals surface area contributed by atoms with Crippen molar-refractivity contribution in [1.29, 1.82) is 0 Å². The number of benzene rings is 1. The predicted molar refractivity (Wildman–Crippen MR) is 95.0 cm³/mol. The normalized spacial score (nSPS) is 16.6. The minimum atomic E-state index is -1.29. The molecular formula is C20H28O5. The van der Waals surface area contributed by atoms with Crippen LogP contribution >= 0.6 is 0 Å². The van der Waals surface area contributed by atoms with Gasteiger partial charge in [0.2, 0.25) is 0 Å². The zero-order chi connectivity index (χ0) is 18.6. The van der Waals surface area contributed by atoms with E-state index in [9.17, 15) is 14.7 Å². The highest BCUT2D eigenvalue weighted by atomic mass is 16.7. The molecule has 0 spiro atoms. The Kier molecular flexibility index (Phi) is 6.09. The van der Waals surface area contributed by atoms with Gasteiger partial charge in [-0.25, -0.2) is 4.79 Å². The van der Waals surface area contributed by atoms with Crippen molar-refractivity contribution in [1.82, 2.24) is 0 Å². The Bertz CT molecular complexity index is 629. The number of hydrogen-bond acceptors (Lipinski definition) is 3. The van der Waals surface area contributed by atoms with Crippen LogP contribution in [0.1, 0.15) is 69.1 Å². The molecule has 0 unspecified atom stereocenters. The molecule has 0 radical (unpaired) electrons. The predicted octanol–water partition coefficient (Wildman–Crippen LogP) is 4.62. The Morgan fingerprint density at radius 2 is 1.84 bits per heavy atom. The van der Waals surface area contributed by atoms with E-state index in [1.54, 1.807) is 20.8 Å². The van der Waals surface area contributed by atoms with Crippen molar-refractivity contribution >= 4 is 12.1 Å². The SMILES string of the molecule is C[C@H](C(=O)O)c1ccc(CC2CCCC2)c(CC(C)(C)OC(=O)O)c1. The highest BCUT2D eigenvalue weighted by molar-refractivity contribution is 5.75. The van der Waals surface area contributed by atoms with Gasteiger partial charge in [-0.05, 0) is 49.8 Å². The van der Waals surface area contributed by atoms with Crippen LogP contribution in [0.5, 0.6) is 0 Å². The molecule has 0 saturated heterocycles. The van der Waals surface area contributed by atoms with Crippen LogP contribution in [0.4, 0.5) is 4.79 Å². The third-order valence-electron chi connectivity index (χ3n) is 5.06. The first-order chi connectivity index (χ1) is 11.7. The molecule has 2 rings (SSSR count). The van der Waals surface area contributed by atoms with Crippen molar-refractivity contribution in [3.05, 3.63) is 34.9 Å². The molecule has 1 aromatic carbocycles. The minimum Gasteiger partial charge on any atom is -0.481 e. The molecule has 1 atom stereocenters. The summed E-state index contributed by atoms with van der Waals surface area (Å²) in [5, 5.41) is 18.2. The van der Waals surface area contributed by atoms with Crippen LogP contribution in [-0.4, -0.2) is 27.9 Å². The maximum absolute atomic E-state index is 11.3. The van der Waals surface area contributed by atoms with E-state index in [0.29, 0.717) is 12.3 Å². The molecule has 0 bridgehead atoms. The molecule has 0 aliphatic heterocycles. The van der Waals surface area contributed by atoms with Crippen LogP contribution in [0.3, 0.4) is 0 Å². The van der Waals surface area contributed by atoms with E-state index >= 15 is 0 Å². The van der Waals surface area contributed by atoms with Gasteiger partial charge in [0, 0.05) is 6.42 Å². The minimum absolute atomic E-state index is 0.432. The first kappa shape index (κ1) is 19.3. The number of ether oxygens (including phenoxy) is 1. The third-order valence-corrected chi connectivity index (χ3v) is 5.06. The number of carbonyl (C=O) groups is 2. The lowest BCUT2D eigenvalue weighted by molar-refractivity contribution is -0.138. The number of carboxylic acid groups (broad SMARTS) is 2. The van der Waals surface area contributed by atoms with Gasteiger partial charge >= 0.3 is 12.1 Å². The summed E-state index contributed by atoms with van der Waals surface area (Å²) < 4.78 is 5.01. The van der Waals surface area contributed by atoms with Crippen LogP contribution in [0.2, 0.25) is 0 Å². The maximum Gasteiger partial charge on any atom is 0.506 e. The van der Waals surface area contributed by atoms with Crippen LogP contribution in [0.25, 0.3) is 0 Å². The second-order valence-electron chi connectivity index (χ2n) is 7.75. The Hall–Kier alpha value is -2.04. The van der Waals surface area contributed by atoms with Gasteiger partial charge in [0.05, 0.1) is 5.92 Å². The number of rotatable bonds is 7. The van der Waals surface area contributed by atoms with E-state index in [-0.39, 0.29) is 0 Å². The van der Waals surface area contributed by atoms with Crippen molar-refractivity contribution < 1.29 is 24.5 Å². The van der Waals surface area contributed by atoms with E-state index in [1.165, 1.54) is 31.2 Å². The Balaban J connectivity index is 2.30. The molecule has 2 N–H and O–H groups in total. The topological polar surface area (TPSA) is 83.8 Å². The summed E-state index contributed by atoms with van der Waals surface area (Å²) in [5.41, 5.74) is 2.05. The van der Waals surface area contributed by atoms with Crippen LogP contribution in [-0.2, 0) is 22.4 Å². The summed E-state index contributed by atoms with van der Waals surface area (Å²) >= 11 is 0. The lowest BCUT2D eigenvalue weighted by Crippen LogP contribution is -2.30. The van der Waals surface area contributed by atoms with E-state index in [4.69, 9.17) is 9.84 Å². The molecule has 0 amide bonds. The summed E-state index contributed by atoms with van der Waals surface area (Å²) in [7, 11) is 0. The lowest BCUT2D eigenvalue weighted by Gasteiger charge is -2.26. The molecule has 25 heavy (non-hydrogen) atoms. The molecule has 0 aromatic heterocycles.